The molecule has 1 saturated carbocycles. The normalized spacial score (nSPS) is 13.7. The Hall–Kier alpha value is -2.67. The van der Waals surface area contributed by atoms with E-state index in [1.54, 1.807) is 12.1 Å². The highest BCUT2D eigenvalue weighted by molar-refractivity contribution is 5.96. The zero-order valence-corrected chi connectivity index (χ0v) is 11.6. The number of hydrogen-bond acceptors (Lipinski definition) is 3. The Morgan fingerprint density at radius 3 is 2.71 bits per heavy atom. The molecule has 1 aliphatic carbocycles. The number of hydrogen-bond donors (Lipinski definition) is 1. The fraction of sp³-hybridized carbons (Fsp3) is 0.235. The molecule has 1 aromatic heterocycles. The fourth-order valence-corrected chi connectivity index (χ4v) is 2.48. The number of benzene rings is 1. The number of carboxylic acid groups (broad SMARTS) is 1. The molecule has 21 heavy (non-hydrogen) atoms. The van der Waals surface area contributed by atoms with Crippen LogP contribution in [0.2, 0.25) is 0 Å². The molecule has 0 bridgehead atoms. The molecule has 1 heterocycles. The molecule has 3 rings (SSSR count). The maximum absolute atomic E-state index is 11.5. The summed E-state index contributed by atoms with van der Waals surface area (Å²) in [5.41, 5.74) is 3.91. The number of aromatic carboxylic acids is 1. The summed E-state index contributed by atoms with van der Waals surface area (Å²) < 4.78 is 0. The summed E-state index contributed by atoms with van der Waals surface area (Å²) in [4.78, 5) is 16.0. The van der Waals surface area contributed by atoms with Gasteiger partial charge in [0.25, 0.3) is 0 Å². The van der Waals surface area contributed by atoms with Crippen molar-refractivity contribution in [1.29, 1.82) is 5.26 Å². The SMILES string of the molecule is Cc1cc(-c2ccc(C#N)cc2C(=O)O)cc(C2CC2)n1. The van der Waals surface area contributed by atoms with Crippen LogP contribution < -0.4 is 0 Å². The molecule has 0 amide bonds. The number of nitrogens with zero attached hydrogens (tertiary/aromatic N) is 2. The molecule has 104 valence electrons. The number of carboxylic acids is 1. The summed E-state index contributed by atoms with van der Waals surface area (Å²) in [6.45, 7) is 1.92. The van der Waals surface area contributed by atoms with Crippen molar-refractivity contribution in [3.8, 4) is 17.2 Å². The van der Waals surface area contributed by atoms with E-state index in [9.17, 15) is 9.90 Å². The summed E-state index contributed by atoms with van der Waals surface area (Å²) in [5.74, 6) is -0.514. The van der Waals surface area contributed by atoms with Gasteiger partial charge in [-0.25, -0.2) is 4.79 Å². The molecule has 0 atom stereocenters. The number of pyridine rings is 1. The Morgan fingerprint density at radius 2 is 2.10 bits per heavy atom. The van der Waals surface area contributed by atoms with Gasteiger partial charge in [0.2, 0.25) is 0 Å². The zero-order valence-electron chi connectivity index (χ0n) is 11.6. The van der Waals surface area contributed by atoms with Crippen LogP contribution in [0, 0.1) is 18.3 Å². The highest BCUT2D eigenvalue weighted by Gasteiger charge is 2.26. The van der Waals surface area contributed by atoms with Gasteiger partial charge < -0.3 is 5.11 Å². The van der Waals surface area contributed by atoms with E-state index >= 15 is 0 Å². The third-order valence-electron chi connectivity index (χ3n) is 3.66. The molecule has 0 spiro atoms. The van der Waals surface area contributed by atoms with Crippen molar-refractivity contribution < 1.29 is 9.90 Å². The minimum atomic E-state index is -1.02. The van der Waals surface area contributed by atoms with Crippen molar-refractivity contribution in [3.63, 3.8) is 0 Å². The van der Waals surface area contributed by atoms with E-state index < -0.39 is 5.97 Å². The lowest BCUT2D eigenvalue weighted by atomic mass is 9.96. The number of carbonyl (C=O) groups is 1. The van der Waals surface area contributed by atoms with Crippen LogP contribution in [0.5, 0.6) is 0 Å². The summed E-state index contributed by atoms with van der Waals surface area (Å²) in [6.07, 6.45) is 2.30. The molecule has 1 N–H and O–H groups in total. The lowest BCUT2D eigenvalue weighted by molar-refractivity contribution is 0.0697. The van der Waals surface area contributed by atoms with Crippen LogP contribution in [0.3, 0.4) is 0 Å². The van der Waals surface area contributed by atoms with Crippen molar-refractivity contribution in [2.75, 3.05) is 0 Å². The summed E-state index contributed by atoms with van der Waals surface area (Å²) in [5, 5.41) is 18.3. The predicted molar refractivity (Wildman–Crippen MR) is 78.1 cm³/mol. The topological polar surface area (TPSA) is 74.0 Å². The molecule has 0 aliphatic heterocycles. The van der Waals surface area contributed by atoms with Crippen LogP contribution in [0.15, 0.2) is 30.3 Å². The van der Waals surface area contributed by atoms with E-state index in [4.69, 9.17) is 5.26 Å². The number of aromatic nitrogens is 1. The molecular formula is C17H14N2O2. The Balaban J connectivity index is 2.16. The lowest BCUT2D eigenvalue weighted by Crippen LogP contribution is -2.01. The molecule has 1 aliphatic rings. The Morgan fingerprint density at radius 1 is 1.33 bits per heavy atom. The highest BCUT2D eigenvalue weighted by atomic mass is 16.4. The first-order chi connectivity index (χ1) is 10.1. The molecular weight excluding hydrogens is 264 g/mol. The Kier molecular flexibility index (Phi) is 3.19. The van der Waals surface area contributed by atoms with Crippen molar-refractivity contribution in [2.45, 2.75) is 25.7 Å². The summed E-state index contributed by atoms with van der Waals surface area (Å²) in [6, 6.07) is 10.6. The van der Waals surface area contributed by atoms with Crippen LogP contribution in [-0.4, -0.2) is 16.1 Å². The van der Waals surface area contributed by atoms with Crippen LogP contribution in [0.4, 0.5) is 0 Å². The predicted octanol–water partition coefficient (Wildman–Crippen LogP) is 3.50. The van der Waals surface area contributed by atoms with Gasteiger partial charge in [-0.3, -0.25) is 4.98 Å². The third kappa shape index (κ3) is 2.63. The molecule has 0 radical (unpaired) electrons. The third-order valence-corrected chi connectivity index (χ3v) is 3.66. The Labute approximate surface area is 122 Å². The molecule has 1 fully saturated rings. The second-order valence-electron chi connectivity index (χ2n) is 5.37. The van der Waals surface area contributed by atoms with Gasteiger partial charge in [0.05, 0.1) is 17.2 Å². The van der Waals surface area contributed by atoms with Gasteiger partial charge in [-0.2, -0.15) is 5.26 Å². The minimum absolute atomic E-state index is 0.154. The van der Waals surface area contributed by atoms with E-state index in [-0.39, 0.29) is 5.56 Å². The van der Waals surface area contributed by atoms with Gasteiger partial charge in [0.1, 0.15) is 0 Å². The van der Waals surface area contributed by atoms with Crippen molar-refractivity contribution in [3.05, 3.63) is 52.8 Å². The van der Waals surface area contributed by atoms with E-state index in [1.165, 1.54) is 6.07 Å². The molecule has 4 nitrogen and oxygen atoms in total. The van der Waals surface area contributed by atoms with Crippen molar-refractivity contribution in [2.24, 2.45) is 0 Å². The van der Waals surface area contributed by atoms with Crippen molar-refractivity contribution in [1.82, 2.24) is 4.98 Å². The highest BCUT2D eigenvalue weighted by Crippen LogP contribution is 2.40. The first kappa shape index (κ1) is 13.3. The van der Waals surface area contributed by atoms with Gasteiger partial charge in [-0.1, -0.05) is 6.07 Å². The van der Waals surface area contributed by atoms with E-state index in [2.05, 4.69) is 4.98 Å². The summed E-state index contributed by atoms with van der Waals surface area (Å²) >= 11 is 0. The first-order valence-electron chi connectivity index (χ1n) is 6.85. The van der Waals surface area contributed by atoms with Crippen LogP contribution in [0.1, 0.15) is 46.1 Å². The number of rotatable bonds is 3. The first-order valence-corrected chi connectivity index (χ1v) is 6.85. The standard InChI is InChI=1S/C17H14N2O2/c1-10-6-13(8-16(19-10)12-3-4-12)14-5-2-11(9-18)7-15(14)17(20)21/h2,5-8,12H,3-4H2,1H3,(H,20,21). The van der Waals surface area contributed by atoms with E-state index in [0.717, 1.165) is 29.8 Å². The molecule has 2 aromatic rings. The van der Waals surface area contributed by atoms with Crippen LogP contribution >= 0.6 is 0 Å². The van der Waals surface area contributed by atoms with Gasteiger partial charge in [-0.05, 0) is 55.2 Å². The molecule has 4 heteroatoms. The largest absolute Gasteiger partial charge is 0.478 e. The number of nitriles is 1. The Bertz CT molecular complexity index is 771. The van der Waals surface area contributed by atoms with Crippen LogP contribution in [-0.2, 0) is 0 Å². The van der Waals surface area contributed by atoms with Gasteiger partial charge in [0.15, 0.2) is 0 Å². The quantitative estimate of drug-likeness (QED) is 0.932. The van der Waals surface area contributed by atoms with E-state index in [0.29, 0.717) is 17.0 Å². The van der Waals surface area contributed by atoms with Gasteiger partial charge >= 0.3 is 5.97 Å². The van der Waals surface area contributed by atoms with E-state index in [1.807, 2.05) is 25.1 Å². The minimum Gasteiger partial charge on any atom is -0.478 e. The molecule has 0 unspecified atom stereocenters. The maximum Gasteiger partial charge on any atom is 0.336 e. The summed E-state index contributed by atoms with van der Waals surface area (Å²) in [7, 11) is 0. The zero-order chi connectivity index (χ0) is 15.0. The average molecular weight is 278 g/mol. The molecule has 1 aromatic carbocycles. The van der Waals surface area contributed by atoms with Gasteiger partial charge in [0, 0.05) is 17.3 Å². The lowest BCUT2D eigenvalue weighted by Gasteiger charge is -2.10. The second-order valence-corrected chi connectivity index (χ2v) is 5.37. The van der Waals surface area contributed by atoms with Crippen LogP contribution in [0.25, 0.3) is 11.1 Å². The molecule has 0 saturated heterocycles. The monoisotopic (exact) mass is 278 g/mol. The average Bonchev–Trinajstić information content (AvgIpc) is 3.30. The number of aryl methyl sites for hydroxylation is 1. The van der Waals surface area contributed by atoms with Gasteiger partial charge in [-0.15, -0.1) is 0 Å². The smallest absolute Gasteiger partial charge is 0.336 e. The van der Waals surface area contributed by atoms with Crippen molar-refractivity contribution >= 4 is 5.97 Å². The maximum atomic E-state index is 11.5. The second kappa shape index (κ2) is 5.02. The fourth-order valence-electron chi connectivity index (χ4n) is 2.48.